The first-order valence-corrected chi connectivity index (χ1v) is 16.0. The van der Waals surface area contributed by atoms with Crippen molar-refractivity contribution in [3.8, 4) is 5.75 Å². The Balaban J connectivity index is 1.67. The highest BCUT2D eigenvalue weighted by molar-refractivity contribution is 7.89. The lowest BCUT2D eigenvalue weighted by Gasteiger charge is -2.22. The number of fused-ring (bicyclic) bond motifs is 1. The van der Waals surface area contributed by atoms with Crippen molar-refractivity contribution in [2.45, 2.75) is 51.3 Å². The Bertz CT molecular complexity index is 1590. The summed E-state index contributed by atoms with van der Waals surface area (Å²) in [5.74, 6) is 0.273. The molecule has 8 nitrogen and oxygen atoms in total. The van der Waals surface area contributed by atoms with Gasteiger partial charge in [-0.25, -0.2) is 13.4 Å². The number of carbonyl (C=O) groups is 1. The molecule has 0 aliphatic carbocycles. The summed E-state index contributed by atoms with van der Waals surface area (Å²) in [7, 11) is -2.08. The quantitative estimate of drug-likeness (QED) is 0.125. The number of hydrogen-bond donors (Lipinski definition) is 0. The lowest BCUT2D eigenvalue weighted by molar-refractivity contribution is 0.0987. The first kappa shape index (κ1) is 30.4. The summed E-state index contributed by atoms with van der Waals surface area (Å²) in [4.78, 5) is 18.6. The van der Waals surface area contributed by atoms with E-state index in [-0.39, 0.29) is 4.90 Å². The van der Waals surface area contributed by atoms with Crippen LogP contribution >= 0.6 is 11.3 Å². The molecule has 41 heavy (non-hydrogen) atoms. The molecule has 0 bridgehead atoms. The standard InChI is InChI=1S/C31H36N4O4S2/c1-5-7-19-34(20-8-6-2)41(37,38)27-16-13-25(14-17-27)30(36)35(32-22-24-11-9-23(3)10-12-24)31-33-28-18-15-26(39-4)21-29(28)40-31/h9-18,21-22H,5-8,19-20H2,1-4H3/b32-22+. The zero-order valence-electron chi connectivity index (χ0n) is 23.9. The molecular formula is C31H36N4O4S2. The van der Waals surface area contributed by atoms with Crippen molar-refractivity contribution in [1.29, 1.82) is 0 Å². The van der Waals surface area contributed by atoms with Crippen LogP contribution in [-0.4, -0.2) is 50.0 Å². The number of nitrogens with zero attached hydrogens (tertiary/aromatic N) is 4. The highest BCUT2D eigenvalue weighted by atomic mass is 32.2. The van der Waals surface area contributed by atoms with Gasteiger partial charge in [0.1, 0.15) is 5.75 Å². The van der Waals surface area contributed by atoms with Gasteiger partial charge in [-0.2, -0.15) is 14.4 Å². The van der Waals surface area contributed by atoms with Crippen LogP contribution < -0.4 is 9.75 Å². The molecule has 1 aromatic heterocycles. The molecule has 0 aliphatic rings. The average Bonchev–Trinajstić information content (AvgIpc) is 3.41. The molecule has 4 aromatic rings. The minimum Gasteiger partial charge on any atom is -0.497 e. The number of hydrazone groups is 1. The van der Waals surface area contributed by atoms with Gasteiger partial charge in [-0.15, -0.1) is 0 Å². The second kappa shape index (κ2) is 13.8. The molecule has 0 saturated heterocycles. The third kappa shape index (κ3) is 7.38. The van der Waals surface area contributed by atoms with Crippen molar-refractivity contribution < 1.29 is 17.9 Å². The van der Waals surface area contributed by atoms with Crippen LogP contribution in [0.25, 0.3) is 10.2 Å². The molecule has 3 aromatic carbocycles. The molecule has 0 radical (unpaired) electrons. The Hall–Kier alpha value is -3.60. The van der Waals surface area contributed by atoms with Gasteiger partial charge in [0.25, 0.3) is 5.91 Å². The van der Waals surface area contributed by atoms with Crippen LogP contribution in [0.4, 0.5) is 5.13 Å². The van der Waals surface area contributed by atoms with E-state index in [1.807, 2.05) is 63.2 Å². The average molecular weight is 593 g/mol. The molecule has 216 valence electrons. The van der Waals surface area contributed by atoms with E-state index in [1.54, 1.807) is 17.6 Å². The van der Waals surface area contributed by atoms with Gasteiger partial charge < -0.3 is 4.74 Å². The van der Waals surface area contributed by atoms with E-state index in [4.69, 9.17) is 4.74 Å². The summed E-state index contributed by atoms with van der Waals surface area (Å²) >= 11 is 1.32. The highest BCUT2D eigenvalue weighted by Gasteiger charge is 2.26. The molecule has 0 atom stereocenters. The predicted octanol–water partition coefficient (Wildman–Crippen LogP) is 6.89. The molecule has 0 aliphatic heterocycles. The number of anilines is 1. The van der Waals surface area contributed by atoms with E-state index in [0.717, 1.165) is 47.0 Å². The number of amides is 1. The Kier molecular flexibility index (Phi) is 10.3. The Labute approximate surface area is 246 Å². The maximum Gasteiger partial charge on any atom is 0.280 e. The number of ether oxygens (including phenoxy) is 1. The Morgan fingerprint density at radius 2 is 1.63 bits per heavy atom. The smallest absolute Gasteiger partial charge is 0.280 e. The largest absolute Gasteiger partial charge is 0.497 e. The lowest BCUT2D eigenvalue weighted by atomic mass is 10.2. The van der Waals surface area contributed by atoms with Gasteiger partial charge >= 0.3 is 0 Å². The number of thiazole rings is 1. The van der Waals surface area contributed by atoms with Crippen LogP contribution in [0.15, 0.2) is 76.7 Å². The predicted molar refractivity (Wildman–Crippen MR) is 167 cm³/mol. The number of aromatic nitrogens is 1. The second-order valence-corrected chi connectivity index (χ2v) is 12.7. The van der Waals surface area contributed by atoms with Crippen LogP contribution in [0.5, 0.6) is 5.75 Å². The molecule has 0 N–H and O–H groups in total. The topological polar surface area (TPSA) is 92.2 Å². The van der Waals surface area contributed by atoms with Gasteiger partial charge in [0.15, 0.2) is 0 Å². The van der Waals surface area contributed by atoms with Crippen molar-refractivity contribution in [3.63, 3.8) is 0 Å². The number of benzene rings is 3. The fourth-order valence-electron chi connectivity index (χ4n) is 4.14. The van der Waals surface area contributed by atoms with Gasteiger partial charge in [-0.3, -0.25) is 4.79 Å². The van der Waals surface area contributed by atoms with E-state index in [9.17, 15) is 13.2 Å². The molecule has 1 amide bonds. The van der Waals surface area contributed by atoms with Crippen LogP contribution in [0, 0.1) is 6.92 Å². The SMILES string of the molecule is CCCCN(CCCC)S(=O)(=O)c1ccc(C(=O)N(/N=C/c2ccc(C)cc2)c2nc3ccc(OC)cc3s2)cc1. The number of sulfonamides is 1. The number of unbranched alkanes of at least 4 members (excludes halogenated alkanes) is 2. The van der Waals surface area contributed by atoms with Gasteiger partial charge in [0, 0.05) is 18.7 Å². The number of hydrogen-bond acceptors (Lipinski definition) is 7. The second-order valence-electron chi connectivity index (χ2n) is 9.74. The molecule has 0 fully saturated rings. The van der Waals surface area contributed by atoms with Crippen molar-refractivity contribution in [2.75, 3.05) is 25.2 Å². The van der Waals surface area contributed by atoms with Crippen molar-refractivity contribution >= 4 is 48.8 Å². The number of rotatable bonds is 13. The minimum atomic E-state index is -3.68. The normalized spacial score (nSPS) is 11.9. The zero-order valence-corrected chi connectivity index (χ0v) is 25.5. The zero-order chi connectivity index (χ0) is 29.4. The number of carbonyl (C=O) groups excluding carboxylic acids is 1. The molecule has 0 spiro atoms. The summed E-state index contributed by atoms with van der Waals surface area (Å²) in [6, 6.07) is 19.4. The third-order valence-corrected chi connectivity index (χ3v) is 9.53. The van der Waals surface area contributed by atoms with Crippen molar-refractivity contribution in [2.24, 2.45) is 5.10 Å². The first-order chi connectivity index (χ1) is 19.8. The van der Waals surface area contributed by atoms with E-state index >= 15 is 0 Å². The van der Waals surface area contributed by atoms with E-state index in [2.05, 4.69) is 10.1 Å². The molecule has 4 rings (SSSR count). The fourth-order valence-corrected chi connectivity index (χ4v) is 6.61. The summed E-state index contributed by atoms with van der Waals surface area (Å²) in [5, 5.41) is 6.18. The van der Waals surface area contributed by atoms with Crippen LogP contribution in [-0.2, 0) is 10.0 Å². The van der Waals surface area contributed by atoms with E-state index in [0.29, 0.717) is 29.5 Å². The summed E-state index contributed by atoms with van der Waals surface area (Å²) in [6.45, 7) is 7.04. The van der Waals surface area contributed by atoms with Crippen molar-refractivity contribution in [1.82, 2.24) is 9.29 Å². The molecule has 10 heteroatoms. The minimum absolute atomic E-state index is 0.169. The van der Waals surface area contributed by atoms with Crippen molar-refractivity contribution in [3.05, 3.63) is 83.4 Å². The van der Waals surface area contributed by atoms with E-state index in [1.165, 1.54) is 40.6 Å². The van der Waals surface area contributed by atoms with Gasteiger partial charge in [-0.1, -0.05) is 67.9 Å². The summed E-state index contributed by atoms with van der Waals surface area (Å²) in [5.41, 5.74) is 2.97. The highest BCUT2D eigenvalue weighted by Crippen LogP contribution is 2.32. The summed E-state index contributed by atoms with van der Waals surface area (Å²) in [6.07, 6.45) is 5.01. The molecule has 0 saturated carbocycles. The van der Waals surface area contributed by atoms with Crippen LogP contribution in [0.1, 0.15) is 61.0 Å². The Morgan fingerprint density at radius 3 is 2.24 bits per heavy atom. The maximum absolute atomic E-state index is 13.8. The van der Waals surface area contributed by atoms with E-state index < -0.39 is 15.9 Å². The van der Waals surface area contributed by atoms with Gasteiger partial charge in [0.2, 0.25) is 15.2 Å². The number of aryl methyl sites for hydroxylation is 1. The summed E-state index contributed by atoms with van der Waals surface area (Å²) < 4.78 is 34.5. The van der Waals surface area contributed by atoms with Gasteiger partial charge in [-0.05, 0) is 67.8 Å². The number of methoxy groups -OCH3 is 1. The molecular weight excluding hydrogens is 556 g/mol. The van der Waals surface area contributed by atoms with Gasteiger partial charge in [0.05, 0.1) is 28.4 Å². The lowest BCUT2D eigenvalue weighted by Crippen LogP contribution is -2.33. The molecule has 0 unspecified atom stereocenters. The maximum atomic E-state index is 13.8. The Morgan fingerprint density at radius 1 is 0.976 bits per heavy atom. The van der Waals surface area contributed by atoms with Crippen LogP contribution in [0.3, 0.4) is 0 Å². The molecule has 1 heterocycles. The first-order valence-electron chi connectivity index (χ1n) is 13.8. The fraction of sp³-hybridized carbons (Fsp3) is 0.323. The third-order valence-electron chi connectivity index (χ3n) is 6.62. The monoisotopic (exact) mass is 592 g/mol. The van der Waals surface area contributed by atoms with Crippen LogP contribution in [0.2, 0.25) is 0 Å².